The minimum atomic E-state index is -0.702. The molecule has 5 rings (SSSR count). The fourth-order valence-corrected chi connectivity index (χ4v) is 4.18. The van der Waals surface area contributed by atoms with Crippen molar-refractivity contribution in [1.29, 1.82) is 0 Å². The maximum absolute atomic E-state index is 12.7. The van der Waals surface area contributed by atoms with E-state index in [2.05, 4.69) is 15.6 Å². The number of ether oxygens (including phenoxy) is 2. The van der Waals surface area contributed by atoms with Crippen LogP contribution < -0.4 is 20.1 Å². The number of fused-ring (bicyclic) bond motifs is 2. The number of aromatic nitrogens is 1. The maximum atomic E-state index is 12.7. The Morgan fingerprint density at radius 2 is 1.91 bits per heavy atom. The number of nitrogens with one attached hydrogen (secondary N) is 3. The van der Waals surface area contributed by atoms with E-state index in [1.807, 2.05) is 30.5 Å². The number of hydrogen-bond acceptors (Lipinski definition) is 5. The molecule has 9 nitrogen and oxygen atoms in total. The van der Waals surface area contributed by atoms with E-state index in [0.717, 1.165) is 16.5 Å². The highest BCUT2D eigenvalue weighted by atomic mass is 16.6. The normalized spacial score (nSPS) is 17.3. The van der Waals surface area contributed by atoms with Crippen LogP contribution in [0, 0.1) is 0 Å². The van der Waals surface area contributed by atoms with Crippen molar-refractivity contribution in [2.75, 3.05) is 25.1 Å². The summed E-state index contributed by atoms with van der Waals surface area (Å²) in [6.07, 6.45) is 2.79. The van der Waals surface area contributed by atoms with Gasteiger partial charge in [-0.25, -0.2) is 4.79 Å². The number of benzene rings is 2. The van der Waals surface area contributed by atoms with E-state index < -0.39 is 12.1 Å². The molecule has 3 aromatic rings. The summed E-state index contributed by atoms with van der Waals surface area (Å²) in [5, 5.41) is 6.57. The molecule has 0 aliphatic carbocycles. The van der Waals surface area contributed by atoms with Crippen LogP contribution in [0.15, 0.2) is 48.7 Å². The van der Waals surface area contributed by atoms with Crippen LogP contribution >= 0.6 is 0 Å². The zero-order chi connectivity index (χ0) is 22.8. The number of carbonyl (C=O) groups excluding carboxylic acids is 3. The second-order valence-electron chi connectivity index (χ2n) is 8.05. The molecule has 0 saturated carbocycles. The first-order valence-electron chi connectivity index (χ1n) is 10.9. The molecule has 1 aromatic heterocycles. The van der Waals surface area contributed by atoms with E-state index >= 15 is 0 Å². The SMILES string of the molecule is O=C(CC[C@@H]1NC(=O)N(CCc2c[nH]c3ccccc23)C1=O)Nc1ccc2c(c1)OCCO2. The average molecular weight is 448 g/mol. The molecular formula is C24H24N4O5. The van der Waals surface area contributed by atoms with E-state index in [1.165, 1.54) is 4.90 Å². The van der Waals surface area contributed by atoms with Crippen LogP contribution in [0.1, 0.15) is 18.4 Å². The fourth-order valence-electron chi connectivity index (χ4n) is 4.18. The lowest BCUT2D eigenvalue weighted by Gasteiger charge is -2.19. The number of rotatable bonds is 7. The molecule has 2 aliphatic heterocycles. The molecule has 0 unspecified atom stereocenters. The molecule has 33 heavy (non-hydrogen) atoms. The molecule has 0 bridgehead atoms. The Bertz CT molecular complexity index is 1220. The van der Waals surface area contributed by atoms with Gasteiger partial charge in [0.2, 0.25) is 5.91 Å². The van der Waals surface area contributed by atoms with Gasteiger partial charge in [0.05, 0.1) is 0 Å². The molecule has 0 radical (unpaired) electrons. The number of carbonyl (C=O) groups is 3. The van der Waals surface area contributed by atoms with E-state index in [-0.39, 0.29) is 31.2 Å². The number of anilines is 1. The third-order valence-electron chi connectivity index (χ3n) is 5.87. The van der Waals surface area contributed by atoms with Crippen molar-refractivity contribution in [2.24, 2.45) is 0 Å². The summed E-state index contributed by atoms with van der Waals surface area (Å²) in [4.78, 5) is 41.9. The topological polar surface area (TPSA) is 113 Å². The highest BCUT2D eigenvalue weighted by Crippen LogP contribution is 2.32. The van der Waals surface area contributed by atoms with Crippen molar-refractivity contribution in [2.45, 2.75) is 25.3 Å². The first kappa shape index (κ1) is 20.9. The van der Waals surface area contributed by atoms with Gasteiger partial charge in [-0.15, -0.1) is 0 Å². The quantitative estimate of drug-likeness (QED) is 0.481. The van der Waals surface area contributed by atoms with Gasteiger partial charge in [0.1, 0.15) is 19.3 Å². The van der Waals surface area contributed by atoms with Gasteiger partial charge in [0.15, 0.2) is 11.5 Å². The zero-order valence-corrected chi connectivity index (χ0v) is 17.9. The van der Waals surface area contributed by atoms with E-state index in [4.69, 9.17) is 9.47 Å². The summed E-state index contributed by atoms with van der Waals surface area (Å²) < 4.78 is 11.0. The Morgan fingerprint density at radius 1 is 1.09 bits per heavy atom. The van der Waals surface area contributed by atoms with Crippen LogP contribution in [0.4, 0.5) is 10.5 Å². The smallest absolute Gasteiger partial charge is 0.324 e. The predicted octanol–water partition coefficient (Wildman–Crippen LogP) is 2.82. The van der Waals surface area contributed by atoms with Gasteiger partial charge in [0.25, 0.3) is 5.91 Å². The van der Waals surface area contributed by atoms with Gasteiger partial charge >= 0.3 is 6.03 Å². The zero-order valence-electron chi connectivity index (χ0n) is 17.9. The lowest BCUT2D eigenvalue weighted by Crippen LogP contribution is -2.33. The standard InChI is InChI=1S/C24H24N4O5/c29-22(26-16-5-7-20-21(13-16)33-12-11-32-20)8-6-19-23(30)28(24(31)27-19)10-9-15-14-25-18-4-2-1-3-17(15)18/h1-5,7,13-14,19,25H,6,8-12H2,(H,26,29)(H,27,31)/t19-/m0/s1. The number of imide groups is 1. The second kappa shape index (κ2) is 8.85. The van der Waals surface area contributed by atoms with E-state index in [1.54, 1.807) is 18.2 Å². The lowest BCUT2D eigenvalue weighted by atomic mass is 10.1. The molecule has 1 saturated heterocycles. The lowest BCUT2D eigenvalue weighted by molar-refractivity contribution is -0.127. The molecule has 2 aromatic carbocycles. The number of para-hydroxylation sites is 1. The maximum Gasteiger partial charge on any atom is 0.324 e. The van der Waals surface area contributed by atoms with Crippen molar-refractivity contribution in [3.8, 4) is 11.5 Å². The summed E-state index contributed by atoms with van der Waals surface area (Å²) in [6.45, 7) is 1.25. The number of urea groups is 1. The Labute approximate surface area is 190 Å². The van der Waals surface area contributed by atoms with Crippen LogP contribution in [0.2, 0.25) is 0 Å². The molecule has 170 valence electrons. The molecule has 4 amide bonds. The largest absolute Gasteiger partial charge is 0.486 e. The fraction of sp³-hybridized carbons (Fsp3) is 0.292. The summed E-state index contributed by atoms with van der Waals surface area (Å²) in [5.74, 6) is 0.687. The van der Waals surface area contributed by atoms with Crippen molar-refractivity contribution >= 4 is 34.4 Å². The Hall–Kier alpha value is -4.01. The van der Waals surface area contributed by atoms with Gasteiger partial charge < -0.3 is 25.1 Å². The Morgan fingerprint density at radius 3 is 2.79 bits per heavy atom. The van der Waals surface area contributed by atoms with Crippen LogP contribution in [0.3, 0.4) is 0 Å². The van der Waals surface area contributed by atoms with Gasteiger partial charge in [-0.1, -0.05) is 18.2 Å². The van der Waals surface area contributed by atoms with Crippen molar-refractivity contribution < 1.29 is 23.9 Å². The Kier molecular flexibility index (Phi) is 5.60. The molecule has 1 atom stereocenters. The van der Waals surface area contributed by atoms with E-state index in [9.17, 15) is 14.4 Å². The molecule has 1 fully saturated rings. The van der Waals surface area contributed by atoms with Gasteiger partial charge in [0, 0.05) is 41.8 Å². The summed E-state index contributed by atoms with van der Waals surface area (Å²) in [6, 6.07) is 12.0. The number of nitrogens with zero attached hydrogens (tertiary/aromatic N) is 1. The highest BCUT2D eigenvalue weighted by Gasteiger charge is 2.37. The molecule has 0 spiro atoms. The molecular weight excluding hydrogens is 424 g/mol. The minimum Gasteiger partial charge on any atom is -0.486 e. The second-order valence-corrected chi connectivity index (χ2v) is 8.05. The monoisotopic (exact) mass is 448 g/mol. The number of amides is 4. The third-order valence-corrected chi connectivity index (χ3v) is 5.87. The Balaban J connectivity index is 1.13. The third kappa shape index (κ3) is 4.34. The minimum absolute atomic E-state index is 0.0986. The van der Waals surface area contributed by atoms with Crippen molar-refractivity contribution in [3.63, 3.8) is 0 Å². The number of aromatic amines is 1. The summed E-state index contributed by atoms with van der Waals surface area (Å²) in [7, 11) is 0. The first-order chi connectivity index (χ1) is 16.1. The molecule has 3 heterocycles. The number of H-pyrrole nitrogens is 1. The predicted molar refractivity (Wildman–Crippen MR) is 121 cm³/mol. The van der Waals surface area contributed by atoms with Crippen molar-refractivity contribution in [3.05, 3.63) is 54.2 Å². The van der Waals surface area contributed by atoms with Gasteiger partial charge in [-0.3, -0.25) is 14.5 Å². The molecule has 3 N–H and O–H groups in total. The van der Waals surface area contributed by atoms with Crippen LogP contribution in [0.25, 0.3) is 10.9 Å². The highest BCUT2D eigenvalue weighted by molar-refractivity contribution is 6.04. The summed E-state index contributed by atoms with van der Waals surface area (Å²) in [5.41, 5.74) is 2.66. The first-order valence-corrected chi connectivity index (χ1v) is 10.9. The van der Waals surface area contributed by atoms with Gasteiger partial charge in [-0.2, -0.15) is 0 Å². The summed E-state index contributed by atoms with van der Waals surface area (Å²) >= 11 is 0. The molecule has 2 aliphatic rings. The number of hydrogen-bond donors (Lipinski definition) is 3. The van der Waals surface area contributed by atoms with E-state index in [0.29, 0.717) is 36.8 Å². The molecule has 9 heteroatoms. The average Bonchev–Trinajstić information content (AvgIpc) is 3.36. The van der Waals surface area contributed by atoms with Crippen molar-refractivity contribution in [1.82, 2.24) is 15.2 Å². The van der Waals surface area contributed by atoms with Crippen LogP contribution in [-0.2, 0) is 16.0 Å². The van der Waals surface area contributed by atoms with Crippen LogP contribution in [0.5, 0.6) is 11.5 Å². The van der Waals surface area contributed by atoms with Gasteiger partial charge in [-0.05, 0) is 36.6 Å². The van der Waals surface area contributed by atoms with Crippen LogP contribution in [-0.4, -0.2) is 53.5 Å².